The number of nitrogens with zero attached hydrogens (tertiary/aromatic N) is 9. The molecule has 0 spiro atoms. The first-order chi connectivity index (χ1) is 28.9. The van der Waals surface area contributed by atoms with Crippen molar-refractivity contribution in [1.82, 2.24) is 44.5 Å². The predicted octanol–water partition coefficient (Wildman–Crippen LogP) is 5.49. The molecule has 4 aliphatic heterocycles. The third kappa shape index (κ3) is 7.55. The minimum Gasteiger partial charge on any atom is -0.368 e. The highest BCUT2D eigenvalue weighted by Gasteiger charge is 2.41. The molecule has 3 fully saturated rings. The Morgan fingerprint density at radius 2 is 1.65 bits per heavy atom. The van der Waals surface area contributed by atoms with Crippen molar-refractivity contribution in [3.05, 3.63) is 88.8 Å². The highest BCUT2D eigenvalue weighted by Crippen LogP contribution is 2.33. The van der Waals surface area contributed by atoms with E-state index in [1.165, 1.54) is 17.0 Å². The number of hydrogen-bond acceptors (Lipinski definition) is 11. The molecule has 0 saturated carbocycles. The van der Waals surface area contributed by atoms with Crippen LogP contribution in [0.15, 0.2) is 48.8 Å². The summed E-state index contributed by atoms with van der Waals surface area (Å²) in [4.78, 5) is 63.2. The van der Waals surface area contributed by atoms with Crippen LogP contribution in [0.3, 0.4) is 0 Å². The van der Waals surface area contributed by atoms with Crippen molar-refractivity contribution < 1.29 is 27.6 Å². The Morgan fingerprint density at radius 1 is 0.867 bits per heavy atom. The summed E-state index contributed by atoms with van der Waals surface area (Å²) in [5.41, 5.74) is 3.45. The van der Waals surface area contributed by atoms with Gasteiger partial charge in [0.2, 0.25) is 17.8 Å². The van der Waals surface area contributed by atoms with Gasteiger partial charge in [-0.3, -0.25) is 29.5 Å². The SMILES string of the molecule is Cc1nc2c(F)cc(-c3nc(Nc4ccc(N5CCN(C6CCN(Cc7cc(F)c8c(c7)CN(C7CCC(=O)NC7=O)C8=O)CC6)CC5)cn4)ncc3F)cc2n1C(C)C. The number of hydrogen-bond donors (Lipinski definition) is 2. The molecule has 3 amide bonds. The van der Waals surface area contributed by atoms with Gasteiger partial charge in [-0.2, -0.15) is 0 Å². The van der Waals surface area contributed by atoms with Crippen molar-refractivity contribution >= 4 is 46.2 Å². The fourth-order valence-corrected chi connectivity index (χ4v) is 9.31. The molecule has 5 aromatic rings. The molecule has 14 nitrogen and oxygen atoms in total. The van der Waals surface area contributed by atoms with Gasteiger partial charge >= 0.3 is 0 Å². The minimum atomic E-state index is -0.777. The van der Waals surface area contributed by atoms with E-state index in [1.807, 2.05) is 43.5 Å². The minimum absolute atomic E-state index is 0.0224. The van der Waals surface area contributed by atoms with E-state index in [0.717, 1.165) is 69.6 Å². The highest BCUT2D eigenvalue weighted by molar-refractivity contribution is 6.05. The van der Waals surface area contributed by atoms with E-state index in [2.05, 4.69) is 45.3 Å². The highest BCUT2D eigenvalue weighted by atomic mass is 19.1. The van der Waals surface area contributed by atoms with E-state index in [4.69, 9.17) is 0 Å². The number of nitrogens with one attached hydrogen (secondary N) is 2. The number of piperazine rings is 1. The van der Waals surface area contributed by atoms with Gasteiger partial charge < -0.3 is 19.7 Å². The summed E-state index contributed by atoms with van der Waals surface area (Å²) in [6, 6.07) is 9.80. The first-order valence-corrected chi connectivity index (χ1v) is 20.5. The van der Waals surface area contributed by atoms with Crippen LogP contribution in [0.1, 0.15) is 72.9 Å². The first kappa shape index (κ1) is 39.5. The van der Waals surface area contributed by atoms with E-state index < -0.39 is 35.3 Å². The second-order valence-electron chi connectivity index (χ2n) is 16.4. The summed E-state index contributed by atoms with van der Waals surface area (Å²) in [6.07, 6.45) is 5.24. The van der Waals surface area contributed by atoms with Gasteiger partial charge in [0.05, 0.1) is 29.2 Å². The second kappa shape index (κ2) is 15.9. The van der Waals surface area contributed by atoms with Crippen LogP contribution in [0.4, 0.5) is 30.6 Å². The van der Waals surface area contributed by atoms with Gasteiger partial charge in [-0.25, -0.2) is 33.1 Å². The number of fused-ring (bicyclic) bond motifs is 2. The molecule has 1 unspecified atom stereocenters. The lowest BCUT2D eigenvalue weighted by Crippen LogP contribution is -2.53. The monoisotopic (exact) mass is 821 g/mol. The maximum Gasteiger partial charge on any atom is 0.258 e. The van der Waals surface area contributed by atoms with Crippen LogP contribution < -0.4 is 15.5 Å². The smallest absolute Gasteiger partial charge is 0.258 e. The Labute approximate surface area is 344 Å². The molecule has 2 N–H and O–H groups in total. The number of aryl methyl sites for hydroxylation is 1. The summed E-state index contributed by atoms with van der Waals surface area (Å²) in [5.74, 6) is -1.87. The molecule has 3 saturated heterocycles. The van der Waals surface area contributed by atoms with Crippen LogP contribution in [0.2, 0.25) is 0 Å². The van der Waals surface area contributed by atoms with Crippen LogP contribution >= 0.6 is 0 Å². The normalized spacial score (nSPS) is 19.4. The van der Waals surface area contributed by atoms with E-state index in [-0.39, 0.29) is 59.6 Å². The van der Waals surface area contributed by atoms with Gasteiger partial charge in [-0.1, -0.05) is 6.07 Å². The average Bonchev–Trinajstić information content (AvgIpc) is 3.75. The van der Waals surface area contributed by atoms with Crippen molar-refractivity contribution in [1.29, 1.82) is 0 Å². The van der Waals surface area contributed by atoms with Crippen LogP contribution in [0.25, 0.3) is 22.3 Å². The summed E-state index contributed by atoms with van der Waals surface area (Å²) >= 11 is 0. The van der Waals surface area contributed by atoms with Gasteiger partial charge in [0.25, 0.3) is 5.91 Å². The van der Waals surface area contributed by atoms with E-state index >= 15 is 13.2 Å². The van der Waals surface area contributed by atoms with Crippen LogP contribution in [0, 0.1) is 24.4 Å². The molecule has 312 valence electrons. The zero-order valence-electron chi connectivity index (χ0n) is 33.7. The molecule has 17 heteroatoms. The maximum atomic E-state index is 15.3. The zero-order chi connectivity index (χ0) is 41.8. The molecule has 60 heavy (non-hydrogen) atoms. The van der Waals surface area contributed by atoms with E-state index in [9.17, 15) is 14.4 Å². The molecule has 1 atom stereocenters. The molecular weight excluding hydrogens is 776 g/mol. The van der Waals surface area contributed by atoms with Gasteiger partial charge in [0, 0.05) is 63.3 Å². The van der Waals surface area contributed by atoms with Gasteiger partial charge in [0.15, 0.2) is 11.6 Å². The Hall–Kier alpha value is -5.94. The van der Waals surface area contributed by atoms with Gasteiger partial charge in [-0.15, -0.1) is 0 Å². The number of piperidine rings is 2. The molecule has 9 rings (SSSR count). The number of anilines is 3. The Morgan fingerprint density at radius 3 is 2.37 bits per heavy atom. The molecule has 0 aliphatic carbocycles. The number of pyridine rings is 1. The fraction of sp³-hybridized carbons (Fsp3) is 0.419. The second-order valence-corrected chi connectivity index (χ2v) is 16.4. The lowest BCUT2D eigenvalue weighted by molar-refractivity contribution is -0.136. The van der Waals surface area contributed by atoms with Crippen molar-refractivity contribution in [2.45, 2.75) is 77.7 Å². The molecular formula is C43H46F3N11O3. The van der Waals surface area contributed by atoms with Crippen molar-refractivity contribution in [2.24, 2.45) is 0 Å². The van der Waals surface area contributed by atoms with Crippen molar-refractivity contribution in [3.63, 3.8) is 0 Å². The van der Waals surface area contributed by atoms with Crippen LogP contribution in [-0.4, -0.2) is 108 Å². The van der Waals surface area contributed by atoms with Crippen LogP contribution in [0.5, 0.6) is 0 Å². The molecule has 0 radical (unpaired) electrons. The van der Waals surface area contributed by atoms with Crippen molar-refractivity contribution in [3.8, 4) is 11.3 Å². The Kier molecular flexibility index (Phi) is 10.5. The summed E-state index contributed by atoms with van der Waals surface area (Å²) in [6.45, 7) is 11.8. The Bertz CT molecular complexity index is 2500. The van der Waals surface area contributed by atoms with Gasteiger partial charge in [-0.05, 0) is 94.6 Å². The fourth-order valence-electron chi connectivity index (χ4n) is 9.31. The Balaban J connectivity index is 0.767. The summed E-state index contributed by atoms with van der Waals surface area (Å²) in [7, 11) is 0. The summed E-state index contributed by atoms with van der Waals surface area (Å²) in [5, 5.41) is 5.35. The number of aromatic nitrogens is 5. The topological polar surface area (TPSA) is 145 Å². The molecule has 0 bridgehead atoms. The standard InChI is InChI=1S/C43H46F3N11O3/c1-24(2)57-25(3)49-40-32(45)18-27(19-35(40)57)39-33(46)21-48-43(52-39)50-36-6-4-30(20-47-36)55-14-12-54(13-15-55)29-8-10-53(11-9-29)22-26-16-28-23-56(42(60)38(28)31(44)17-26)34-5-7-37(58)51-41(34)59/h4,6,16-21,24,29,34H,5,7-15,22-23H2,1-3H3,(H,51,58,59)(H,47,48,50,52). The third-order valence-corrected chi connectivity index (χ3v) is 12.2. The number of amides is 3. The lowest BCUT2D eigenvalue weighted by Gasteiger charge is -2.43. The molecule has 3 aromatic heterocycles. The number of carbonyl (C=O) groups excluding carboxylic acids is 3. The molecule has 2 aromatic carbocycles. The number of imide groups is 1. The van der Waals surface area contributed by atoms with Gasteiger partial charge in [0.1, 0.15) is 34.7 Å². The first-order valence-electron chi connectivity index (χ1n) is 20.5. The molecule has 4 aliphatic rings. The number of halogens is 3. The third-order valence-electron chi connectivity index (χ3n) is 12.2. The maximum absolute atomic E-state index is 15.3. The largest absolute Gasteiger partial charge is 0.368 e. The average molecular weight is 822 g/mol. The molecule has 7 heterocycles. The number of imidazole rings is 1. The predicted molar refractivity (Wildman–Crippen MR) is 218 cm³/mol. The number of rotatable bonds is 9. The number of carbonyl (C=O) groups is 3. The number of likely N-dealkylation sites (tertiary alicyclic amines) is 1. The van der Waals surface area contributed by atoms with Crippen molar-refractivity contribution in [2.75, 3.05) is 49.5 Å². The summed E-state index contributed by atoms with van der Waals surface area (Å²) < 4.78 is 47.4. The lowest BCUT2D eigenvalue weighted by atomic mass is 10.0. The van der Waals surface area contributed by atoms with Crippen LogP contribution in [-0.2, 0) is 22.7 Å². The quantitative estimate of drug-likeness (QED) is 0.182. The number of benzene rings is 2. The van der Waals surface area contributed by atoms with E-state index in [0.29, 0.717) is 35.3 Å². The zero-order valence-corrected chi connectivity index (χ0v) is 33.7. The van der Waals surface area contributed by atoms with E-state index in [1.54, 1.807) is 12.3 Å².